The van der Waals surface area contributed by atoms with Gasteiger partial charge in [0, 0.05) is 31.7 Å². The molecule has 0 aliphatic carbocycles. The molecule has 2 fully saturated rings. The third kappa shape index (κ3) is 6.56. The number of ketones is 1. The van der Waals surface area contributed by atoms with Gasteiger partial charge in [0.25, 0.3) is 11.7 Å². The van der Waals surface area contributed by atoms with Crippen LogP contribution < -0.4 is 9.47 Å². The van der Waals surface area contributed by atoms with Gasteiger partial charge in [-0.15, -0.1) is 0 Å². The van der Waals surface area contributed by atoms with E-state index >= 15 is 0 Å². The number of aliphatic hydroxyl groups is 1. The van der Waals surface area contributed by atoms with Crippen molar-refractivity contribution in [2.24, 2.45) is 0 Å². The lowest BCUT2D eigenvalue weighted by Crippen LogP contribution is -2.38. The van der Waals surface area contributed by atoms with E-state index in [-0.39, 0.29) is 11.3 Å². The zero-order valence-corrected chi connectivity index (χ0v) is 23.8. The van der Waals surface area contributed by atoms with Crippen LogP contribution in [0.3, 0.4) is 0 Å². The van der Waals surface area contributed by atoms with Crippen LogP contribution in [0.4, 0.5) is 0 Å². The van der Waals surface area contributed by atoms with E-state index in [0.717, 1.165) is 19.6 Å². The molecule has 3 aromatic rings. The second-order valence-corrected chi connectivity index (χ2v) is 10.4. The molecule has 2 saturated heterocycles. The average molecular weight is 569 g/mol. The number of hydrogen-bond acceptors (Lipinski definition) is 7. The molecule has 8 heteroatoms. The van der Waals surface area contributed by atoms with Crippen molar-refractivity contribution in [3.63, 3.8) is 0 Å². The molecule has 3 aromatic carbocycles. The molecule has 2 aliphatic heterocycles. The van der Waals surface area contributed by atoms with E-state index in [1.54, 1.807) is 29.2 Å². The number of nitrogens with zero attached hydrogens (tertiary/aromatic N) is 2. The zero-order chi connectivity index (χ0) is 29.5. The molecule has 0 aromatic heterocycles. The number of para-hydroxylation sites is 1. The van der Waals surface area contributed by atoms with Gasteiger partial charge < -0.3 is 24.2 Å². The Morgan fingerprint density at radius 1 is 0.976 bits per heavy atom. The highest BCUT2D eigenvalue weighted by atomic mass is 16.5. The Labute approximate surface area is 246 Å². The Morgan fingerprint density at radius 2 is 1.74 bits per heavy atom. The summed E-state index contributed by atoms with van der Waals surface area (Å²) < 4.78 is 17.1. The molecule has 0 radical (unpaired) electrons. The monoisotopic (exact) mass is 568 g/mol. The van der Waals surface area contributed by atoms with E-state index < -0.39 is 17.7 Å². The van der Waals surface area contributed by atoms with E-state index in [1.807, 2.05) is 61.5 Å². The highest BCUT2D eigenvalue weighted by molar-refractivity contribution is 6.46. The van der Waals surface area contributed by atoms with Gasteiger partial charge in [0.2, 0.25) is 0 Å². The molecule has 0 bridgehead atoms. The second kappa shape index (κ2) is 13.5. The van der Waals surface area contributed by atoms with Gasteiger partial charge in [-0.3, -0.25) is 14.5 Å². The summed E-state index contributed by atoms with van der Waals surface area (Å²) in [6.07, 6.45) is 2.33. The summed E-state index contributed by atoms with van der Waals surface area (Å²) in [4.78, 5) is 30.9. The van der Waals surface area contributed by atoms with Gasteiger partial charge in [-0.1, -0.05) is 43.0 Å². The number of carbonyl (C=O) groups is 2. The van der Waals surface area contributed by atoms with E-state index in [0.29, 0.717) is 66.7 Å². The van der Waals surface area contributed by atoms with E-state index in [2.05, 4.69) is 11.5 Å². The van der Waals surface area contributed by atoms with Crippen molar-refractivity contribution in [2.45, 2.75) is 19.4 Å². The number of morpholine rings is 1. The number of benzene rings is 3. The summed E-state index contributed by atoms with van der Waals surface area (Å²) in [7, 11) is 0. The van der Waals surface area contributed by atoms with Gasteiger partial charge in [-0.2, -0.15) is 0 Å². The van der Waals surface area contributed by atoms with E-state index in [9.17, 15) is 14.7 Å². The normalized spacial score (nSPS) is 18.7. The molecule has 1 unspecified atom stereocenters. The number of carbonyl (C=O) groups excluding carboxylic acids is 2. The highest BCUT2D eigenvalue weighted by Gasteiger charge is 2.46. The van der Waals surface area contributed by atoms with Gasteiger partial charge >= 0.3 is 0 Å². The maximum absolute atomic E-state index is 13.6. The van der Waals surface area contributed by atoms with Crippen LogP contribution in [0.15, 0.2) is 91.0 Å². The molecule has 1 atom stereocenters. The van der Waals surface area contributed by atoms with Gasteiger partial charge in [-0.05, 0) is 66.9 Å². The topological polar surface area (TPSA) is 88.5 Å². The fourth-order valence-corrected chi connectivity index (χ4v) is 5.41. The fourth-order valence-electron chi connectivity index (χ4n) is 5.41. The lowest BCUT2D eigenvalue weighted by Gasteiger charge is -2.29. The lowest BCUT2D eigenvalue weighted by atomic mass is 9.93. The second-order valence-electron chi connectivity index (χ2n) is 10.4. The summed E-state index contributed by atoms with van der Waals surface area (Å²) in [6.45, 7) is 10.1. The quantitative estimate of drug-likeness (QED) is 0.142. The predicted octanol–water partition coefficient (Wildman–Crippen LogP) is 5.50. The molecule has 218 valence electrons. The number of hydrogen-bond donors (Lipinski definition) is 1. The smallest absolute Gasteiger partial charge is 0.295 e. The molecular weight excluding hydrogens is 532 g/mol. The van der Waals surface area contributed by atoms with E-state index in [4.69, 9.17) is 14.2 Å². The molecule has 2 heterocycles. The largest absolute Gasteiger partial charge is 0.507 e. The Balaban J connectivity index is 1.50. The number of amides is 1. The first kappa shape index (κ1) is 29.1. The van der Waals surface area contributed by atoms with Crippen molar-refractivity contribution in [2.75, 3.05) is 46.0 Å². The molecule has 5 rings (SSSR count). The minimum atomic E-state index is -0.773. The van der Waals surface area contributed by atoms with Gasteiger partial charge in [0.15, 0.2) is 0 Å². The molecule has 1 N–H and O–H groups in total. The van der Waals surface area contributed by atoms with E-state index in [1.165, 1.54) is 0 Å². The first-order valence-electron chi connectivity index (χ1n) is 14.2. The number of likely N-dealkylation sites (tertiary alicyclic amines) is 1. The maximum Gasteiger partial charge on any atom is 0.295 e. The number of aliphatic hydroxyl groups excluding tert-OH is 1. The van der Waals surface area contributed by atoms with Crippen LogP contribution in [-0.2, 0) is 14.3 Å². The van der Waals surface area contributed by atoms with Crippen molar-refractivity contribution in [1.29, 1.82) is 0 Å². The first-order chi connectivity index (χ1) is 20.5. The predicted molar refractivity (Wildman–Crippen MR) is 161 cm³/mol. The Bertz CT molecular complexity index is 1460. The standard InChI is InChI=1S/C34H36N2O6/c1-3-19-41-27-13-14-29(24(2)22-27)32(37)30-31(25-9-7-12-28(23-25)42-26-10-5-4-6-11-26)36(34(39)33(30)38)16-8-15-35-17-20-40-21-18-35/h3-7,9-14,22-23,31,37H,1,8,15-21H2,2H3/b32-30-. The summed E-state index contributed by atoms with van der Waals surface area (Å²) in [5.41, 5.74) is 1.92. The third-order valence-electron chi connectivity index (χ3n) is 7.49. The maximum atomic E-state index is 13.6. The van der Waals surface area contributed by atoms with Crippen LogP contribution in [0, 0.1) is 6.92 Å². The Kier molecular flexibility index (Phi) is 9.36. The molecule has 2 aliphatic rings. The summed E-state index contributed by atoms with van der Waals surface area (Å²) >= 11 is 0. The SMILES string of the molecule is C=CCOc1ccc(/C(O)=C2/C(=O)C(=O)N(CCCN3CCOCC3)C2c2cccc(Oc3ccccc3)c2)c(C)c1. The fraction of sp³-hybridized carbons (Fsp3) is 0.294. The van der Waals surface area contributed by atoms with Crippen molar-refractivity contribution in [3.8, 4) is 17.2 Å². The Morgan fingerprint density at radius 3 is 2.48 bits per heavy atom. The van der Waals surface area contributed by atoms with Crippen molar-refractivity contribution in [1.82, 2.24) is 9.80 Å². The van der Waals surface area contributed by atoms with Crippen LogP contribution in [0.25, 0.3) is 5.76 Å². The highest BCUT2D eigenvalue weighted by Crippen LogP contribution is 2.41. The minimum absolute atomic E-state index is 0.0612. The Hall–Kier alpha value is -4.40. The average Bonchev–Trinajstić information content (AvgIpc) is 3.26. The molecule has 8 nitrogen and oxygen atoms in total. The van der Waals surface area contributed by atoms with Crippen LogP contribution in [0.2, 0.25) is 0 Å². The molecular formula is C34H36N2O6. The minimum Gasteiger partial charge on any atom is -0.507 e. The number of aryl methyl sites for hydroxylation is 1. The summed E-state index contributed by atoms with van der Waals surface area (Å²) in [5.74, 6) is 0.318. The third-order valence-corrected chi connectivity index (χ3v) is 7.49. The lowest BCUT2D eigenvalue weighted by molar-refractivity contribution is -0.140. The molecule has 0 spiro atoms. The number of Topliss-reactive ketones (excluding diaryl/α,β-unsaturated/α-hetero) is 1. The van der Waals surface area contributed by atoms with Crippen molar-refractivity contribution in [3.05, 3.63) is 108 Å². The van der Waals surface area contributed by atoms with Crippen molar-refractivity contribution >= 4 is 17.4 Å². The van der Waals surface area contributed by atoms with Crippen LogP contribution in [0.5, 0.6) is 17.2 Å². The molecule has 0 saturated carbocycles. The van der Waals surface area contributed by atoms with Gasteiger partial charge in [-0.25, -0.2) is 0 Å². The van der Waals surface area contributed by atoms with Crippen LogP contribution in [0.1, 0.15) is 29.2 Å². The number of ether oxygens (including phenoxy) is 3. The first-order valence-corrected chi connectivity index (χ1v) is 14.2. The van der Waals surface area contributed by atoms with Crippen LogP contribution >= 0.6 is 0 Å². The van der Waals surface area contributed by atoms with Crippen molar-refractivity contribution < 1.29 is 28.9 Å². The number of rotatable bonds is 11. The zero-order valence-electron chi connectivity index (χ0n) is 23.8. The molecule has 1 amide bonds. The van der Waals surface area contributed by atoms with Gasteiger partial charge in [0.1, 0.15) is 29.6 Å². The van der Waals surface area contributed by atoms with Crippen LogP contribution in [-0.4, -0.2) is 72.6 Å². The molecule has 42 heavy (non-hydrogen) atoms. The summed E-state index contributed by atoms with van der Waals surface area (Å²) in [5, 5.41) is 11.6. The van der Waals surface area contributed by atoms with Gasteiger partial charge in [0.05, 0.1) is 24.8 Å². The summed E-state index contributed by atoms with van der Waals surface area (Å²) in [6, 6.07) is 21.2.